The number of hydrogen-bond donors (Lipinski definition) is 2. The molecule has 4 aromatic rings. The normalized spacial score (nSPS) is 10.8. The van der Waals surface area contributed by atoms with E-state index in [-0.39, 0.29) is 17.6 Å². The summed E-state index contributed by atoms with van der Waals surface area (Å²) in [4.78, 5) is 33.1. The molecule has 2 N–H and O–H groups in total. The molecule has 0 spiro atoms. The lowest BCUT2D eigenvalue weighted by molar-refractivity contribution is -0.113. The van der Waals surface area contributed by atoms with Gasteiger partial charge in [-0.05, 0) is 36.8 Å². The van der Waals surface area contributed by atoms with Crippen LogP contribution < -0.4 is 10.6 Å². The van der Waals surface area contributed by atoms with Crippen molar-refractivity contribution in [2.45, 2.75) is 11.3 Å². The Bertz CT molecular complexity index is 1170. The van der Waals surface area contributed by atoms with Crippen LogP contribution >= 0.6 is 34.4 Å². The molecular weight excluding hydrogens is 424 g/mol. The highest BCUT2D eigenvalue weighted by atomic mass is 32.2. The van der Waals surface area contributed by atoms with E-state index in [1.54, 1.807) is 12.3 Å². The Morgan fingerprint density at radius 1 is 1.14 bits per heavy atom. The second kappa shape index (κ2) is 8.73. The Morgan fingerprint density at radius 3 is 2.79 bits per heavy atom. The van der Waals surface area contributed by atoms with E-state index in [4.69, 9.17) is 0 Å². The molecular formula is C20H16N4O2S3. The number of thiazole rings is 2. The largest absolute Gasteiger partial charge is 0.322 e. The highest BCUT2D eigenvalue weighted by molar-refractivity contribution is 8.01. The summed E-state index contributed by atoms with van der Waals surface area (Å²) in [7, 11) is 0. The molecule has 0 atom stereocenters. The van der Waals surface area contributed by atoms with Crippen molar-refractivity contribution in [2.24, 2.45) is 0 Å². The van der Waals surface area contributed by atoms with Gasteiger partial charge >= 0.3 is 0 Å². The summed E-state index contributed by atoms with van der Waals surface area (Å²) in [5, 5.41) is 8.10. The second-order valence-corrected chi connectivity index (χ2v) is 9.25. The lowest BCUT2D eigenvalue weighted by Gasteiger charge is -2.07. The molecule has 6 nitrogen and oxygen atoms in total. The molecule has 2 amide bonds. The van der Waals surface area contributed by atoms with E-state index in [2.05, 4.69) is 20.6 Å². The average Bonchev–Trinajstić information content (AvgIpc) is 3.35. The first-order valence-corrected chi connectivity index (χ1v) is 11.4. The van der Waals surface area contributed by atoms with Crippen LogP contribution in [0.5, 0.6) is 0 Å². The van der Waals surface area contributed by atoms with Crippen LogP contribution in [0.1, 0.15) is 15.9 Å². The van der Waals surface area contributed by atoms with Gasteiger partial charge in [0.2, 0.25) is 5.91 Å². The SMILES string of the molecule is Cc1ccccc1C(=O)Nc1ccc2nc(SCC(=O)Nc3nccs3)sc2c1. The van der Waals surface area contributed by atoms with Crippen molar-refractivity contribution >= 4 is 67.3 Å². The van der Waals surface area contributed by atoms with Gasteiger partial charge in [-0.3, -0.25) is 9.59 Å². The minimum Gasteiger partial charge on any atom is -0.322 e. The summed E-state index contributed by atoms with van der Waals surface area (Å²) in [5.74, 6) is 0.00632. The smallest absolute Gasteiger partial charge is 0.255 e. The number of aryl methyl sites for hydroxylation is 1. The van der Waals surface area contributed by atoms with Crippen LogP contribution in [-0.2, 0) is 4.79 Å². The standard InChI is InChI=1S/C20H16N4O2S3/c1-12-4-2-3-5-14(12)18(26)22-13-6-7-15-16(10-13)29-20(23-15)28-11-17(25)24-19-21-8-9-27-19/h2-10H,11H2,1H3,(H,22,26)(H,21,24,25). The molecule has 146 valence electrons. The van der Waals surface area contributed by atoms with Gasteiger partial charge in [0.1, 0.15) is 0 Å². The van der Waals surface area contributed by atoms with Gasteiger partial charge in [-0.1, -0.05) is 30.0 Å². The summed E-state index contributed by atoms with van der Waals surface area (Å²) in [5.41, 5.74) is 3.14. The van der Waals surface area contributed by atoms with Gasteiger partial charge in [0.05, 0.1) is 16.0 Å². The monoisotopic (exact) mass is 440 g/mol. The molecule has 0 bridgehead atoms. The topological polar surface area (TPSA) is 84.0 Å². The maximum absolute atomic E-state index is 12.5. The third-order valence-corrected chi connectivity index (χ3v) is 6.87. The second-order valence-electron chi connectivity index (χ2n) is 6.11. The molecule has 0 aliphatic rings. The van der Waals surface area contributed by atoms with Crippen LogP contribution in [-0.4, -0.2) is 27.5 Å². The number of thioether (sulfide) groups is 1. The van der Waals surface area contributed by atoms with Crippen LogP contribution in [0.15, 0.2) is 58.4 Å². The lowest BCUT2D eigenvalue weighted by atomic mass is 10.1. The number of amides is 2. The molecule has 2 aromatic carbocycles. The first-order valence-electron chi connectivity index (χ1n) is 8.68. The minimum absolute atomic E-state index is 0.115. The minimum atomic E-state index is -0.138. The van der Waals surface area contributed by atoms with Gasteiger partial charge in [-0.15, -0.1) is 22.7 Å². The van der Waals surface area contributed by atoms with Gasteiger partial charge in [0.15, 0.2) is 9.47 Å². The number of hydrogen-bond acceptors (Lipinski definition) is 7. The van der Waals surface area contributed by atoms with Gasteiger partial charge in [-0.25, -0.2) is 9.97 Å². The first-order chi connectivity index (χ1) is 14.1. The molecule has 2 aromatic heterocycles. The van der Waals surface area contributed by atoms with E-state index in [0.29, 0.717) is 16.4 Å². The van der Waals surface area contributed by atoms with Crippen molar-refractivity contribution in [3.05, 3.63) is 65.2 Å². The molecule has 0 fully saturated rings. The molecule has 0 unspecified atom stereocenters. The first kappa shape index (κ1) is 19.6. The van der Waals surface area contributed by atoms with Gasteiger partial charge in [0.25, 0.3) is 5.91 Å². The number of carbonyl (C=O) groups excluding carboxylic acids is 2. The average molecular weight is 441 g/mol. The van der Waals surface area contributed by atoms with Gasteiger partial charge < -0.3 is 10.6 Å². The summed E-state index contributed by atoms with van der Waals surface area (Å²) >= 11 is 4.26. The molecule has 0 aliphatic heterocycles. The fourth-order valence-electron chi connectivity index (χ4n) is 2.64. The van der Waals surface area contributed by atoms with E-state index in [1.165, 1.54) is 34.4 Å². The van der Waals surface area contributed by atoms with Gasteiger partial charge in [-0.2, -0.15) is 0 Å². The molecule has 0 aliphatic carbocycles. The summed E-state index contributed by atoms with van der Waals surface area (Å²) in [6, 6.07) is 13.1. The molecule has 29 heavy (non-hydrogen) atoms. The molecule has 4 rings (SSSR count). The summed E-state index contributed by atoms with van der Waals surface area (Å²) in [6.07, 6.45) is 1.65. The lowest BCUT2D eigenvalue weighted by Crippen LogP contribution is -2.13. The number of rotatable bonds is 6. The molecule has 0 saturated carbocycles. The quantitative estimate of drug-likeness (QED) is 0.410. The molecule has 2 heterocycles. The van der Waals surface area contributed by atoms with Crippen molar-refractivity contribution in [3.63, 3.8) is 0 Å². The van der Waals surface area contributed by atoms with Crippen LogP contribution in [0.3, 0.4) is 0 Å². The number of anilines is 2. The predicted molar refractivity (Wildman–Crippen MR) is 120 cm³/mol. The summed E-state index contributed by atoms with van der Waals surface area (Å²) in [6.45, 7) is 1.91. The van der Waals surface area contributed by atoms with E-state index in [1.807, 2.05) is 48.7 Å². The number of nitrogens with zero attached hydrogens (tertiary/aromatic N) is 2. The Morgan fingerprint density at radius 2 is 2.00 bits per heavy atom. The Labute approximate surface area is 179 Å². The van der Waals surface area contributed by atoms with Crippen molar-refractivity contribution in [2.75, 3.05) is 16.4 Å². The number of aromatic nitrogens is 2. The maximum Gasteiger partial charge on any atom is 0.255 e. The number of benzene rings is 2. The Kier molecular flexibility index (Phi) is 5.89. The Balaban J connectivity index is 1.41. The van der Waals surface area contributed by atoms with Crippen LogP contribution in [0, 0.1) is 6.92 Å². The summed E-state index contributed by atoms with van der Waals surface area (Å²) < 4.78 is 1.76. The molecule has 0 saturated heterocycles. The molecule has 9 heteroatoms. The number of fused-ring (bicyclic) bond motifs is 1. The van der Waals surface area contributed by atoms with Crippen molar-refractivity contribution in [3.8, 4) is 0 Å². The predicted octanol–water partition coefficient (Wildman–Crippen LogP) is 5.04. The number of nitrogens with one attached hydrogen (secondary N) is 2. The highest BCUT2D eigenvalue weighted by Gasteiger charge is 2.12. The van der Waals surface area contributed by atoms with Crippen LogP contribution in [0.4, 0.5) is 10.8 Å². The van der Waals surface area contributed by atoms with Crippen LogP contribution in [0.2, 0.25) is 0 Å². The van der Waals surface area contributed by atoms with Gasteiger partial charge in [0, 0.05) is 22.8 Å². The van der Waals surface area contributed by atoms with E-state index < -0.39 is 0 Å². The van der Waals surface area contributed by atoms with Crippen molar-refractivity contribution in [1.29, 1.82) is 0 Å². The maximum atomic E-state index is 12.5. The third-order valence-electron chi connectivity index (χ3n) is 4.02. The van der Waals surface area contributed by atoms with E-state index in [9.17, 15) is 9.59 Å². The van der Waals surface area contributed by atoms with Crippen LogP contribution in [0.25, 0.3) is 10.2 Å². The fourth-order valence-corrected chi connectivity index (χ4v) is 5.09. The Hall–Kier alpha value is -2.75. The zero-order valence-electron chi connectivity index (χ0n) is 15.3. The third kappa shape index (κ3) is 4.81. The zero-order valence-corrected chi connectivity index (χ0v) is 17.8. The number of carbonyl (C=O) groups is 2. The van der Waals surface area contributed by atoms with E-state index in [0.717, 1.165) is 20.1 Å². The highest BCUT2D eigenvalue weighted by Crippen LogP contribution is 2.31. The fraction of sp³-hybridized carbons (Fsp3) is 0.100. The van der Waals surface area contributed by atoms with E-state index >= 15 is 0 Å². The van der Waals surface area contributed by atoms with Crippen molar-refractivity contribution < 1.29 is 9.59 Å². The molecule has 0 radical (unpaired) electrons. The zero-order chi connectivity index (χ0) is 20.2. The van der Waals surface area contributed by atoms with Crippen molar-refractivity contribution in [1.82, 2.24) is 9.97 Å².